The van der Waals surface area contributed by atoms with Gasteiger partial charge >= 0.3 is 0 Å². The molecule has 1 heterocycles. The van der Waals surface area contributed by atoms with Gasteiger partial charge in [0.2, 0.25) is 0 Å². The number of hydrogen-bond donors (Lipinski definition) is 2. The number of aromatic nitrogens is 2. The Hall–Kier alpha value is -3.81. The molecule has 8 heteroatoms. The number of benzene rings is 2. The number of nitrogens with one attached hydrogen (secondary N) is 1. The van der Waals surface area contributed by atoms with Crippen molar-refractivity contribution < 1.29 is 19.1 Å². The van der Waals surface area contributed by atoms with Gasteiger partial charge in [0.25, 0.3) is 11.8 Å². The first-order valence-electron chi connectivity index (χ1n) is 8.60. The van der Waals surface area contributed by atoms with Crippen molar-refractivity contribution in [2.24, 2.45) is 0 Å². The molecule has 0 spiro atoms. The second-order valence-electron chi connectivity index (χ2n) is 5.80. The van der Waals surface area contributed by atoms with Crippen molar-refractivity contribution in [3.05, 3.63) is 65.9 Å². The van der Waals surface area contributed by atoms with E-state index in [4.69, 9.17) is 15.2 Å². The van der Waals surface area contributed by atoms with E-state index >= 15 is 0 Å². The third-order valence-corrected chi connectivity index (χ3v) is 4.00. The standard InChI is InChI=1S/C20H20N4O4/c1-3-28-16-10-6-14(7-11-16)23-19(25)17-12-22-24(18(17)21)20(26)13-4-8-15(27-2)9-5-13/h4-12H,3,21H2,1-2H3,(H,23,25). The van der Waals surface area contributed by atoms with E-state index in [9.17, 15) is 9.59 Å². The summed E-state index contributed by atoms with van der Waals surface area (Å²) < 4.78 is 11.4. The van der Waals surface area contributed by atoms with Gasteiger partial charge in [0.1, 0.15) is 22.9 Å². The van der Waals surface area contributed by atoms with E-state index in [0.29, 0.717) is 29.4 Å². The van der Waals surface area contributed by atoms with Crippen LogP contribution in [0.25, 0.3) is 0 Å². The SMILES string of the molecule is CCOc1ccc(NC(=O)c2cnn(C(=O)c3ccc(OC)cc3)c2N)cc1. The summed E-state index contributed by atoms with van der Waals surface area (Å²) in [6.45, 7) is 2.45. The molecule has 3 aromatic rings. The van der Waals surface area contributed by atoms with Crippen molar-refractivity contribution >= 4 is 23.3 Å². The predicted octanol–water partition coefficient (Wildman–Crippen LogP) is 2.81. The van der Waals surface area contributed by atoms with Crippen LogP contribution in [0.2, 0.25) is 0 Å². The lowest BCUT2D eigenvalue weighted by molar-refractivity contribution is 0.0948. The van der Waals surface area contributed by atoms with Crippen LogP contribution >= 0.6 is 0 Å². The van der Waals surface area contributed by atoms with Gasteiger partial charge in [-0.1, -0.05) is 0 Å². The highest BCUT2D eigenvalue weighted by Crippen LogP contribution is 2.19. The highest BCUT2D eigenvalue weighted by molar-refractivity contribution is 6.09. The van der Waals surface area contributed by atoms with Gasteiger partial charge in [0, 0.05) is 11.3 Å². The fraction of sp³-hybridized carbons (Fsp3) is 0.150. The summed E-state index contributed by atoms with van der Waals surface area (Å²) in [5.41, 5.74) is 7.04. The van der Waals surface area contributed by atoms with Crippen molar-refractivity contribution in [3.63, 3.8) is 0 Å². The molecule has 8 nitrogen and oxygen atoms in total. The van der Waals surface area contributed by atoms with Gasteiger partial charge in [-0.05, 0) is 55.5 Å². The van der Waals surface area contributed by atoms with Crippen LogP contribution in [0, 0.1) is 0 Å². The number of amides is 1. The molecule has 0 aliphatic heterocycles. The van der Waals surface area contributed by atoms with E-state index < -0.39 is 11.8 Å². The zero-order chi connectivity index (χ0) is 20.1. The minimum absolute atomic E-state index is 0.0377. The number of nitrogens with zero attached hydrogens (tertiary/aromatic N) is 2. The molecule has 3 rings (SSSR count). The van der Waals surface area contributed by atoms with Crippen LogP contribution in [-0.4, -0.2) is 35.3 Å². The summed E-state index contributed by atoms with van der Waals surface area (Å²) >= 11 is 0. The molecule has 3 N–H and O–H groups in total. The molecule has 0 aliphatic carbocycles. The van der Waals surface area contributed by atoms with Crippen molar-refractivity contribution in [1.82, 2.24) is 9.78 Å². The number of methoxy groups -OCH3 is 1. The Morgan fingerprint density at radius 3 is 2.32 bits per heavy atom. The number of ether oxygens (including phenoxy) is 2. The summed E-state index contributed by atoms with van der Waals surface area (Å²) in [7, 11) is 1.54. The van der Waals surface area contributed by atoms with Crippen LogP contribution in [0.3, 0.4) is 0 Å². The van der Waals surface area contributed by atoms with E-state index in [1.54, 1.807) is 48.5 Å². The maximum absolute atomic E-state index is 12.6. The lowest BCUT2D eigenvalue weighted by atomic mass is 10.2. The van der Waals surface area contributed by atoms with Gasteiger partial charge in [-0.15, -0.1) is 0 Å². The quantitative estimate of drug-likeness (QED) is 0.681. The summed E-state index contributed by atoms with van der Waals surface area (Å²) in [5.74, 6) is 0.387. The minimum atomic E-state index is -0.463. The smallest absolute Gasteiger partial charge is 0.280 e. The van der Waals surface area contributed by atoms with E-state index in [-0.39, 0.29) is 11.4 Å². The molecule has 1 amide bonds. The van der Waals surface area contributed by atoms with Crippen LogP contribution < -0.4 is 20.5 Å². The lowest BCUT2D eigenvalue weighted by Gasteiger charge is -2.07. The summed E-state index contributed by atoms with van der Waals surface area (Å²) in [5, 5.41) is 6.69. The Labute approximate surface area is 161 Å². The molecular formula is C20H20N4O4. The van der Waals surface area contributed by atoms with Gasteiger partial charge in [-0.3, -0.25) is 9.59 Å². The lowest BCUT2D eigenvalue weighted by Crippen LogP contribution is -2.18. The van der Waals surface area contributed by atoms with E-state index in [1.807, 2.05) is 6.92 Å². The first-order valence-corrected chi connectivity index (χ1v) is 8.60. The molecule has 0 atom stereocenters. The zero-order valence-electron chi connectivity index (χ0n) is 15.5. The van der Waals surface area contributed by atoms with E-state index in [2.05, 4.69) is 10.4 Å². The summed E-state index contributed by atoms with van der Waals surface area (Å²) in [4.78, 5) is 25.1. The second-order valence-corrected chi connectivity index (χ2v) is 5.80. The highest BCUT2D eigenvalue weighted by Gasteiger charge is 2.20. The Morgan fingerprint density at radius 1 is 1.07 bits per heavy atom. The molecule has 28 heavy (non-hydrogen) atoms. The van der Waals surface area contributed by atoms with E-state index in [1.165, 1.54) is 13.3 Å². The maximum atomic E-state index is 12.6. The maximum Gasteiger partial charge on any atom is 0.280 e. The van der Waals surface area contributed by atoms with Crippen molar-refractivity contribution in [3.8, 4) is 11.5 Å². The van der Waals surface area contributed by atoms with Gasteiger partial charge in [0.15, 0.2) is 0 Å². The first kappa shape index (κ1) is 19.0. The molecule has 1 aromatic heterocycles. The Bertz CT molecular complexity index is 978. The molecular weight excluding hydrogens is 360 g/mol. The molecule has 0 bridgehead atoms. The number of anilines is 2. The number of hydrogen-bond acceptors (Lipinski definition) is 6. The summed E-state index contributed by atoms with van der Waals surface area (Å²) in [6, 6.07) is 13.4. The average molecular weight is 380 g/mol. The largest absolute Gasteiger partial charge is 0.497 e. The second kappa shape index (κ2) is 8.26. The molecule has 0 radical (unpaired) electrons. The number of nitrogens with two attached hydrogens (primary N) is 1. The number of nitrogen functional groups attached to an aromatic ring is 1. The average Bonchev–Trinajstić information content (AvgIpc) is 3.10. The molecule has 0 aliphatic rings. The normalized spacial score (nSPS) is 10.4. The van der Waals surface area contributed by atoms with Gasteiger partial charge in [0.05, 0.1) is 19.9 Å². The molecule has 0 fully saturated rings. The summed E-state index contributed by atoms with van der Waals surface area (Å²) in [6.07, 6.45) is 1.26. The van der Waals surface area contributed by atoms with Crippen molar-refractivity contribution in [1.29, 1.82) is 0 Å². The molecule has 144 valence electrons. The molecule has 0 unspecified atom stereocenters. The van der Waals surface area contributed by atoms with Gasteiger partial charge < -0.3 is 20.5 Å². The van der Waals surface area contributed by atoms with Crippen LogP contribution in [0.4, 0.5) is 11.5 Å². The van der Waals surface area contributed by atoms with Crippen molar-refractivity contribution in [2.75, 3.05) is 24.8 Å². The Morgan fingerprint density at radius 2 is 1.71 bits per heavy atom. The van der Waals surface area contributed by atoms with Crippen molar-refractivity contribution in [2.45, 2.75) is 6.92 Å². The Kier molecular flexibility index (Phi) is 5.59. The predicted molar refractivity (Wildman–Crippen MR) is 105 cm³/mol. The van der Waals surface area contributed by atoms with Gasteiger partial charge in [-0.25, -0.2) is 0 Å². The number of carbonyl (C=O) groups is 2. The first-order chi connectivity index (χ1) is 13.5. The monoisotopic (exact) mass is 380 g/mol. The highest BCUT2D eigenvalue weighted by atomic mass is 16.5. The molecule has 0 saturated carbocycles. The van der Waals surface area contributed by atoms with Gasteiger partial charge in [-0.2, -0.15) is 9.78 Å². The van der Waals surface area contributed by atoms with Crippen LogP contribution in [0.15, 0.2) is 54.7 Å². The zero-order valence-corrected chi connectivity index (χ0v) is 15.5. The topological polar surface area (TPSA) is 108 Å². The fourth-order valence-corrected chi connectivity index (χ4v) is 2.55. The van der Waals surface area contributed by atoms with Crippen LogP contribution in [-0.2, 0) is 0 Å². The van der Waals surface area contributed by atoms with Crippen LogP contribution in [0.5, 0.6) is 11.5 Å². The third-order valence-electron chi connectivity index (χ3n) is 4.00. The number of carbonyl (C=O) groups excluding carboxylic acids is 2. The fourth-order valence-electron chi connectivity index (χ4n) is 2.55. The van der Waals surface area contributed by atoms with Crippen LogP contribution in [0.1, 0.15) is 27.6 Å². The molecule has 2 aromatic carbocycles. The molecule has 0 saturated heterocycles. The minimum Gasteiger partial charge on any atom is -0.497 e. The van der Waals surface area contributed by atoms with E-state index in [0.717, 1.165) is 4.68 Å². The Balaban J connectivity index is 1.75. The third kappa shape index (κ3) is 3.96. The number of rotatable bonds is 6.